The minimum atomic E-state index is 0.0135. The Labute approximate surface area is 120 Å². The summed E-state index contributed by atoms with van der Waals surface area (Å²) in [5, 5.41) is 5.49. The minimum Gasteiger partial charge on any atom is -0.338 e. The zero-order valence-corrected chi connectivity index (χ0v) is 12.9. The lowest BCUT2D eigenvalue weighted by molar-refractivity contribution is -0.138. The molecule has 3 nitrogen and oxygen atoms in total. The first-order chi connectivity index (χ1) is 9.08. The van der Waals surface area contributed by atoms with Crippen LogP contribution in [0.2, 0.25) is 0 Å². The molecule has 4 heteroatoms. The molecule has 1 N–H and O–H groups in total. The zero-order valence-electron chi connectivity index (χ0n) is 12.1. The van der Waals surface area contributed by atoms with Gasteiger partial charge in [0.2, 0.25) is 5.91 Å². The minimum absolute atomic E-state index is 0.0135. The first-order valence-electron chi connectivity index (χ1n) is 7.17. The van der Waals surface area contributed by atoms with Crippen molar-refractivity contribution in [3.8, 4) is 0 Å². The number of thiophene rings is 1. The summed E-state index contributed by atoms with van der Waals surface area (Å²) in [4.78, 5) is 15.9. The normalized spacial score (nSPS) is 22.0. The summed E-state index contributed by atoms with van der Waals surface area (Å²) in [6, 6.07) is 4.90. The maximum Gasteiger partial charge on any atom is 0.239 e. The highest BCUT2D eigenvalue weighted by molar-refractivity contribution is 7.09. The molecule has 1 saturated heterocycles. The van der Waals surface area contributed by atoms with Crippen LogP contribution in [0.1, 0.15) is 38.5 Å². The van der Waals surface area contributed by atoms with Gasteiger partial charge < -0.3 is 10.2 Å². The number of hydrogen-bond acceptors (Lipinski definition) is 3. The molecule has 1 aliphatic rings. The standard InChI is InChI=1S/C15H24N2OS/c1-11(2)16-14-7-4-8-17(15(14)18)12(3)10-13-6-5-9-19-13/h5-6,9,11-12,14,16H,4,7-8,10H2,1-3H3. The van der Waals surface area contributed by atoms with E-state index in [-0.39, 0.29) is 11.9 Å². The Kier molecular flexibility index (Phi) is 4.99. The summed E-state index contributed by atoms with van der Waals surface area (Å²) in [6.45, 7) is 7.26. The van der Waals surface area contributed by atoms with Crippen LogP contribution in [-0.4, -0.2) is 35.5 Å². The predicted molar refractivity (Wildman–Crippen MR) is 80.5 cm³/mol. The predicted octanol–water partition coefficient (Wildman–Crippen LogP) is 2.67. The SMILES string of the molecule is CC(C)NC1CCCN(C(C)Cc2cccs2)C1=O. The third-order valence-corrected chi connectivity index (χ3v) is 4.51. The van der Waals surface area contributed by atoms with Gasteiger partial charge in [0, 0.05) is 29.9 Å². The van der Waals surface area contributed by atoms with E-state index in [0.717, 1.165) is 25.8 Å². The second kappa shape index (κ2) is 6.53. The largest absolute Gasteiger partial charge is 0.338 e. The van der Waals surface area contributed by atoms with Crippen molar-refractivity contribution in [2.24, 2.45) is 0 Å². The Hall–Kier alpha value is -0.870. The van der Waals surface area contributed by atoms with Crippen LogP contribution >= 0.6 is 11.3 Å². The number of carbonyl (C=O) groups is 1. The summed E-state index contributed by atoms with van der Waals surface area (Å²) in [6.07, 6.45) is 3.04. The fourth-order valence-electron chi connectivity index (χ4n) is 2.72. The van der Waals surface area contributed by atoms with Crippen molar-refractivity contribution in [2.45, 2.75) is 58.2 Å². The molecule has 0 spiro atoms. The molecule has 2 unspecified atom stereocenters. The van der Waals surface area contributed by atoms with Crippen LogP contribution in [0.15, 0.2) is 17.5 Å². The lowest BCUT2D eigenvalue weighted by Crippen LogP contribution is -2.55. The Morgan fingerprint density at radius 3 is 2.89 bits per heavy atom. The van der Waals surface area contributed by atoms with Crippen LogP contribution in [0.3, 0.4) is 0 Å². The molecule has 0 radical (unpaired) electrons. The number of rotatable bonds is 5. The molecule has 0 aliphatic carbocycles. The molecular formula is C15H24N2OS. The van der Waals surface area contributed by atoms with E-state index in [0.29, 0.717) is 12.1 Å². The number of hydrogen-bond donors (Lipinski definition) is 1. The van der Waals surface area contributed by atoms with Crippen molar-refractivity contribution in [1.82, 2.24) is 10.2 Å². The van der Waals surface area contributed by atoms with Gasteiger partial charge in [-0.3, -0.25) is 4.79 Å². The maximum atomic E-state index is 12.5. The molecule has 1 amide bonds. The molecule has 1 aliphatic heterocycles. The third kappa shape index (κ3) is 3.80. The summed E-state index contributed by atoms with van der Waals surface area (Å²) >= 11 is 1.77. The van der Waals surface area contributed by atoms with Crippen LogP contribution < -0.4 is 5.32 Å². The van der Waals surface area contributed by atoms with Crippen molar-refractivity contribution < 1.29 is 4.79 Å². The van der Waals surface area contributed by atoms with E-state index in [1.54, 1.807) is 11.3 Å². The van der Waals surface area contributed by atoms with Crippen molar-refractivity contribution in [2.75, 3.05) is 6.54 Å². The van der Waals surface area contributed by atoms with Gasteiger partial charge in [0.25, 0.3) is 0 Å². The molecule has 0 aromatic carbocycles. The second-order valence-corrected chi connectivity index (χ2v) is 6.71. The molecular weight excluding hydrogens is 256 g/mol. The van der Waals surface area contributed by atoms with E-state index in [4.69, 9.17) is 0 Å². The Morgan fingerprint density at radius 1 is 1.47 bits per heavy atom. The Morgan fingerprint density at radius 2 is 2.26 bits per heavy atom. The lowest BCUT2D eigenvalue weighted by atomic mass is 10.0. The molecule has 19 heavy (non-hydrogen) atoms. The monoisotopic (exact) mass is 280 g/mol. The van der Waals surface area contributed by atoms with E-state index < -0.39 is 0 Å². The van der Waals surface area contributed by atoms with Gasteiger partial charge in [-0.2, -0.15) is 0 Å². The van der Waals surface area contributed by atoms with E-state index in [1.807, 2.05) is 0 Å². The van der Waals surface area contributed by atoms with Crippen molar-refractivity contribution in [3.05, 3.63) is 22.4 Å². The van der Waals surface area contributed by atoms with Gasteiger partial charge in [-0.15, -0.1) is 11.3 Å². The molecule has 2 rings (SSSR count). The van der Waals surface area contributed by atoms with Crippen LogP contribution in [0.4, 0.5) is 0 Å². The molecule has 106 valence electrons. The van der Waals surface area contributed by atoms with E-state index in [1.165, 1.54) is 4.88 Å². The van der Waals surface area contributed by atoms with Crippen LogP contribution in [0.5, 0.6) is 0 Å². The molecule has 0 bridgehead atoms. The average Bonchev–Trinajstić information content (AvgIpc) is 2.84. The van der Waals surface area contributed by atoms with Crippen molar-refractivity contribution in [1.29, 1.82) is 0 Å². The van der Waals surface area contributed by atoms with E-state index in [9.17, 15) is 4.79 Å². The van der Waals surface area contributed by atoms with E-state index >= 15 is 0 Å². The van der Waals surface area contributed by atoms with Gasteiger partial charge in [-0.1, -0.05) is 19.9 Å². The molecule has 1 aromatic heterocycles. The van der Waals surface area contributed by atoms with Crippen LogP contribution in [0.25, 0.3) is 0 Å². The van der Waals surface area contributed by atoms with Crippen molar-refractivity contribution in [3.63, 3.8) is 0 Å². The smallest absolute Gasteiger partial charge is 0.239 e. The van der Waals surface area contributed by atoms with Gasteiger partial charge in [0.05, 0.1) is 6.04 Å². The molecule has 1 fully saturated rings. The van der Waals surface area contributed by atoms with Crippen LogP contribution in [-0.2, 0) is 11.2 Å². The lowest BCUT2D eigenvalue weighted by Gasteiger charge is -2.37. The number of nitrogens with one attached hydrogen (secondary N) is 1. The maximum absolute atomic E-state index is 12.5. The summed E-state index contributed by atoms with van der Waals surface area (Å²) < 4.78 is 0. The van der Waals surface area contributed by atoms with Crippen molar-refractivity contribution >= 4 is 17.2 Å². The first kappa shape index (κ1) is 14.5. The summed E-state index contributed by atoms with van der Waals surface area (Å²) in [5.41, 5.74) is 0. The van der Waals surface area contributed by atoms with Gasteiger partial charge in [-0.05, 0) is 31.2 Å². The van der Waals surface area contributed by atoms with Gasteiger partial charge in [0.15, 0.2) is 0 Å². The van der Waals surface area contributed by atoms with Gasteiger partial charge in [0.1, 0.15) is 0 Å². The molecule has 1 aromatic rings. The molecule has 0 saturated carbocycles. The zero-order chi connectivity index (χ0) is 13.8. The average molecular weight is 280 g/mol. The highest BCUT2D eigenvalue weighted by atomic mass is 32.1. The third-order valence-electron chi connectivity index (χ3n) is 3.62. The fourth-order valence-corrected chi connectivity index (χ4v) is 3.55. The first-order valence-corrected chi connectivity index (χ1v) is 8.05. The number of piperidine rings is 1. The Bertz CT molecular complexity index is 402. The Balaban J connectivity index is 1.96. The fraction of sp³-hybridized carbons (Fsp3) is 0.667. The number of carbonyl (C=O) groups excluding carboxylic acids is 1. The van der Waals surface area contributed by atoms with Crippen LogP contribution in [0, 0.1) is 0 Å². The number of amides is 1. The number of likely N-dealkylation sites (tertiary alicyclic amines) is 1. The second-order valence-electron chi connectivity index (χ2n) is 5.68. The highest BCUT2D eigenvalue weighted by Gasteiger charge is 2.31. The summed E-state index contributed by atoms with van der Waals surface area (Å²) in [7, 11) is 0. The van der Waals surface area contributed by atoms with Gasteiger partial charge >= 0.3 is 0 Å². The van der Waals surface area contributed by atoms with Gasteiger partial charge in [-0.25, -0.2) is 0 Å². The highest BCUT2D eigenvalue weighted by Crippen LogP contribution is 2.19. The topological polar surface area (TPSA) is 32.3 Å². The summed E-state index contributed by atoms with van der Waals surface area (Å²) in [5.74, 6) is 0.281. The molecule has 2 heterocycles. The quantitative estimate of drug-likeness (QED) is 0.899. The number of nitrogens with zero attached hydrogens (tertiary/aromatic N) is 1. The molecule has 2 atom stereocenters. The van der Waals surface area contributed by atoms with E-state index in [2.05, 4.69) is 48.5 Å².